The van der Waals surface area contributed by atoms with Crippen molar-refractivity contribution in [1.29, 1.82) is 0 Å². The minimum atomic E-state index is -3.16. The van der Waals surface area contributed by atoms with Crippen LogP contribution in [-0.4, -0.2) is 66.2 Å². The number of hydrogen-bond donors (Lipinski definition) is 1. The maximum absolute atomic E-state index is 13.1. The summed E-state index contributed by atoms with van der Waals surface area (Å²) in [6, 6.07) is 5.65. The van der Waals surface area contributed by atoms with E-state index >= 15 is 0 Å². The Kier molecular flexibility index (Phi) is 4.85. The molecule has 1 aromatic rings. The second-order valence-electron chi connectivity index (χ2n) is 8.02. The van der Waals surface area contributed by atoms with Crippen LogP contribution in [0.2, 0.25) is 5.02 Å². The van der Waals surface area contributed by atoms with Gasteiger partial charge in [0.25, 0.3) is 5.91 Å². The third-order valence-electron chi connectivity index (χ3n) is 5.81. The van der Waals surface area contributed by atoms with Gasteiger partial charge in [0.15, 0.2) is 9.84 Å². The number of hydrogen-bond acceptors (Lipinski definition) is 5. The number of amides is 4. The van der Waals surface area contributed by atoms with Crippen LogP contribution in [0.15, 0.2) is 24.3 Å². The molecule has 2 heterocycles. The number of urea groups is 1. The molecule has 10 heteroatoms. The van der Waals surface area contributed by atoms with Gasteiger partial charge in [-0.2, -0.15) is 0 Å². The SMILES string of the molecule is C[C@@]1(c2ccccc2Cl)NC(=O)N(CC(=O)N(C2CC2)[C@H]2CCS(=O)(=O)C2)C1=O. The van der Waals surface area contributed by atoms with E-state index in [0.29, 0.717) is 17.0 Å². The summed E-state index contributed by atoms with van der Waals surface area (Å²) in [5.74, 6) is -0.963. The predicted octanol–water partition coefficient (Wildman–Crippen LogP) is 1.29. The molecule has 2 saturated heterocycles. The van der Waals surface area contributed by atoms with Crippen LogP contribution in [-0.2, 0) is 25.0 Å². The summed E-state index contributed by atoms with van der Waals surface area (Å²) in [4.78, 5) is 41.1. The van der Waals surface area contributed by atoms with Gasteiger partial charge in [0, 0.05) is 22.7 Å². The molecule has 0 radical (unpaired) electrons. The van der Waals surface area contributed by atoms with Crippen LogP contribution in [0, 0.1) is 0 Å². The van der Waals surface area contributed by atoms with Crippen LogP contribution >= 0.6 is 11.6 Å². The van der Waals surface area contributed by atoms with E-state index < -0.39 is 45.8 Å². The molecule has 29 heavy (non-hydrogen) atoms. The minimum absolute atomic E-state index is 0.0171. The summed E-state index contributed by atoms with van der Waals surface area (Å²) in [7, 11) is -3.16. The van der Waals surface area contributed by atoms with Crippen LogP contribution in [0.1, 0.15) is 31.7 Å². The van der Waals surface area contributed by atoms with E-state index in [4.69, 9.17) is 11.6 Å². The number of nitrogens with one attached hydrogen (secondary N) is 1. The summed E-state index contributed by atoms with van der Waals surface area (Å²) < 4.78 is 23.7. The number of sulfone groups is 1. The van der Waals surface area contributed by atoms with Gasteiger partial charge in [0.2, 0.25) is 5.91 Å². The number of carbonyl (C=O) groups is 3. The van der Waals surface area contributed by atoms with Gasteiger partial charge in [-0.15, -0.1) is 0 Å². The lowest BCUT2D eigenvalue weighted by molar-refractivity contribution is -0.140. The first kappa shape index (κ1) is 20.2. The van der Waals surface area contributed by atoms with Gasteiger partial charge < -0.3 is 10.2 Å². The van der Waals surface area contributed by atoms with Crippen molar-refractivity contribution in [3.63, 3.8) is 0 Å². The fourth-order valence-corrected chi connectivity index (χ4v) is 6.20. The fourth-order valence-electron chi connectivity index (χ4n) is 4.16. The first-order valence-corrected chi connectivity index (χ1v) is 11.7. The molecule has 0 aromatic heterocycles. The summed E-state index contributed by atoms with van der Waals surface area (Å²) in [5, 5.41) is 2.99. The highest BCUT2D eigenvalue weighted by atomic mass is 35.5. The molecule has 156 valence electrons. The molecule has 2 atom stereocenters. The summed E-state index contributed by atoms with van der Waals surface area (Å²) in [6.07, 6.45) is 2.00. The molecule has 4 rings (SSSR count). The van der Waals surface area contributed by atoms with Gasteiger partial charge >= 0.3 is 6.03 Å². The third kappa shape index (κ3) is 3.61. The number of carbonyl (C=O) groups excluding carboxylic acids is 3. The van der Waals surface area contributed by atoms with E-state index in [1.54, 1.807) is 36.1 Å². The van der Waals surface area contributed by atoms with Crippen molar-refractivity contribution in [2.45, 2.75) is 43.8 Å². The van der Waals surface area contributed by atoms with Gasteiger partial charge in [-0.25, -0.2) is 13.2 Å². The smallest absolute Gasteiger partial charge is 0.325 e. The van der Waals surface area contributed by atoms with Crippen LogP contribution < -0.4 is 5.32 Å². The lowest BCUT2D eigenvalue weighted by atomic mass is 9.92. The van der Waals surface area contributed by atoms with Crippen molar-refractivity contribution >= 4 is 39.3 Å². The maximum atomic E-state index is 13.1. The molecule has 4 amide bonds. The molecular formula is C19H22ClN3O5S. The van der Waals surface area contributed by atoms with Gasteiger partial charge in [0.1, 0.15) is 12.1 Å². The van der Waals surface area contributed by atoms with Crippen molar-refractivity contribution in [1.82, 2.24) is 15.1 Å². The van der Waals surface area contributed by atoms with Gasteiger partial charge in [-0.1, -0.05) is 29.8 Å². The third-order valence-corrected chi connectivity index (χ3v) is 7.89. The zero-order valence-electron chi connectivity index (χ0n) is 15.9. The fraction of sp³-hybridized carbons (Fsp3) is 0.526. The topological polar surface area (TPSA) is 104 Å². The Morgan fingerprint density at radius 2 is 1.93 bits per heavy atom. The average molecular weight is 440 g/mol. The van der Waals surface area contributed by atoms with E-state index in [1.165, 1.54) is 0 Å². The average Bonchev–Trinajstić information content (AvgIpc) is 3.37. The van der Waals surface area contributed by atoms with Crippen molar-refractivity contribution in [2.24, 2.45) is 0 Å². The molecule has 1 aliphatic carbocycles. The van der Waals surface area contributed by atoms with Crippen molar-refractivity contribution in [3.8, 4) is 0 Å². The normalized spacial score (nSPS) is 28.5. The molecule has 3 aliphatic rings. The summed E-state index contributed by atoms with van der Waals surface area (Å²) >= 11 is 6.22. The number of benzene rings is 1. The Bertz CT molecular complexity index is 993. The van der Waals surface area contributed by atoms with Crippen LogP contribution in [0.3, 0.4) is 0 Å². The van der Waals surface area contributed by atoms with E-state index in [0.717, 1.165) is 17.7 Å². The molecule has 1 aromatic carbocycles. The van der Waals surface area contributed by atoms with Gasteiger partial charge in [-0.05, 0) is 32.3 Å². The van der Waals surface area contributed by atoms with Crippen LogP contribution in [0.25, 0.3) is 0 Å². The first-order valence-electron chi connectivity index (χ1n) is 9.53. The standard InChI is InChI=1S/C19H22ClN3O5S/c1-19(14-4-2-3-5-15(14)20)17(25)22(18(26)21-19)10-16(24)23(12-6-7-12)13-8-9-29(27,28)11-13/h2-5,12-13H,6-11H2,1H3,(H,21,26)/t13-,19-/m0/s1. The Morgan fingerprint density at radius 3 is 2.52 bits per heavy atom. The largest absolute Gasteiger partial charge is 0.334 e. The zero-order chi connectivity index (χ0) is 21.0. The van der Waals surface area contributed by atoms with E-state index in [2.05, 4.69) is 5.32 Å². The molecule has 1 N–H and O–H groups in total. The number of halogens is 1. The Labute approximate surface area is 174 Å². The number of rotatable bonds is 5. The Morgan fingerprint density at radius 1 is 1.24 bits per heavy atom. The second-order valence-corrected chi connectivity index (χ2v) is 10.7. The highest BCUT2D eigenvalue weighted by Gasteiger charge is 2.51. The van der Waals surface area contributed by atoms with Crippen molar-refractivity contribution in [2.75, 3.05) is 18.1 Å². The van der Waals surface area contributed by atoms with Crippen molar-refractivity contribution in [3.05, 3.63) is 34.9 Å². The van der Waals surface area contributed by atoms with Crippen molar-refractivity contribution < 1.29 is 22.8 Å². The molecule has 0 spiro atoms. The molecule has 1 saturated carbocycles. The zero-order valence-corrected chi connectivity index (χ0v) is 17.5. The van der Waals surface area contributed by atoms with E-state index in [9.17, 15) is 22.8 Å². The van der Waals surface area contributed by atoms with Gasteiger partial charge in [0.05, 0.1) is 11.5 Å². The molecular weight excluding hydrogens is 418 g/mol. The molecule has 0 bridgehead atoms. The van der Waals surface area contributed by atoms with E-state index in [-0.39, 0.29) is 17.5 Å². The maximum Gasteiger partial charge on any atom is 0.325 e. The monoisotopic (exact) mass is 439 g/mol. The molecule has 8 nitrogen and oxygen atoms in total. The second kappa shape index (κ2) is 6.98. The molecule has 0 unspecified atom stereocenters. The van der Waals surface area contributed by atoms with Crippen LogP contribution in [0.4, 0.5) is 4.79 Å². The number of nitrogens with zero attached hydrogens (tertiary/aromatic N) is 2. The van der Waals surface area contributed by atoms with Crippen LogP contribution in [0.5, 0.6) is 0 Å². The quantitative estimate of drug-likeness (QED) is 0.696. The predicted molar refractivity (Wildman–Crippen MR) is 106 cm³/mol. The molecule has 3 fully saturated rings. The molecule has 2 aliphatic heterocycles. The number of imide groups is 1. The highest BCUT2D eigenvalue weighted by molar-refractivity contribution is 7.91. The lowest BCUT2D eigenvalue weighted by Crippen LogP contribution is -2.49. The summed E-state index contributed by atoms with van der Waals surface area (Å²) in [6.45, 7) is 1.14. The van der Waals surface area contributed by atoms with E-state index in [1.807, 2.05) is 0 Å². The summed E-state index contributed by atoms with van der Waals surface area (Å²) in [5.41, 5.74) is -0.910. The first-order chi connectivity index (χ1) is 13.6. The Balaban J connectivity index is 1.54. The minimum Gasteiger partial charge on any atom is -0.334 e. The van der Waals surface area contributed by atoms with Gasteiger partial charge in [-0.3, -0.25) is 14.5 Å². The lowest BCUT2D eigenvalue weighted by Gasteiger charge is -2.30. The Hall–Kier alpha value is -2.13. The highest BCUT2D eigenvalue weighted by Crippen LogP contribution is 2.35.